The lowest BCUT2D eigenvalue weighted by Gasteiger charge is -2.39. The van der Waals surface area contributed by atoms with Gasteiger partial charge >= 0.3 is 0 Å². The van der Waals surface area contributed by atoms with Crippen LogP contribution < -0.4 is 4.90 Å². The zero-order chi connectivity index (χ0) is 14.7. The van der Waals surface area contributed by atoms with Crippen LogP contribution in [0.3, 0.4) is 0 Å². The van der Waals surface area contributed by atoms with E-state index in [1.54, 1.807) is 0 Å². The topological polar surface area (TPSA) is 23.5 Å². The lowest BCUT2D eigenvalue weighted by Crippen LogP contribution is -2.45. The molecule has 0 bridgehead atoms. The number of halogens is 1. The predicted octanol–water partition coefficient (Wildman–Crippen LogP) is 3.91. The van der Waals surface area contributed by atoms with Crippen LogP contribution in [0.2, 0.25) is 5.02 Å². The summed E-state index contributed by atoms with van der Waals surface area (Å²) < 4.78 is 0. The minimum atomic E-state index is -0.598. The minimum absolute atomic E-state index is 0.598. The van der Waals surface area contributed by atoms with E-state index >= 15 is 0 Å². The lowest BCUT2D eigenvalue weighted by molar-refractivity contribution is 0.0165. The maximum absolute atomic E-state index is 10.8. The van der Waals surface area contributed by atoms with E-state index in [0.29, 0.717) is 6.42 Å². The third-order valence-corrected chi connectivity index (χ3v) is 4.51. The molecule has 0 saturated carbocycles. The molecule has 1 saturated heterocycles. The first-order chi connectivity index (χ1) is 10.1. The summed E-state index contributed by atoms with van der Waals surface area (Å²) in [6.07, 6.45) is 2.29. The molecule has 0 aromatic heterocycles. The molecule has 2 aromatic carbocycles. The molecule has 0 amide bonds. The summed E-state index contributed by atoms with van der Waals surface area (Å²) in [6.45, 7) is 1.79. The monoisotopic (exact) mass is 301 g/mol. The Morgan fingerprint density at radius 1 is 0.952 bits per heavy atom. The van der Waals surface area contributed by atoms with Gasteiger partial charge in [0.1, 0.15) is 0 Å². The van der Waals surface area contributed by atoms with E-state index in [1.165, 1.54) is 5.69 Å². The molecule has 3 heteroatoms. The Hall–Kier alpha value is -1.51. The Morgan fingerprint density at radius 3 is 2.19 bits per heavy atom. The predicted molar refractivity (Wildman–Crippen MR) is 88.0 cm³/mol. The second kappa shape index (κ2) is 6.08. The number of piperidine rings is 1. The Kier molecular flexibility index (Phi) is 4.18. The van der Waals surface area contributed by atoms with Crippen molar-refractivity contribution >= 4 is 17.3 Å². The van der Waals surface area contributed by atoms with Crippen LogP contribution >= 0.6 is 11.6 Å². The highest BCUT2D eigenvalue weighted by Gasteiger charge is 2.32. The van der Waals surface area contributed by atoms with Gasteiger partial charge in [-0.2, -0.15) is 0 Å². The molecular formula is C18H20ClNO. The van der Waals surface area contributed by atoms with E-state index in [-0.39, 0.29) is 0 Å². The molecule has 3 rings (SSSR count). The van der Waals surface area contributed by atoms with Crippen LogP contribution in [0.5, 0.6) is 0 Å². The number of benzene rings is 2. The standard InChI is InChI=1S/C18H20ClNO/c19-16-8-6-15(7-9-16)14-18(21)10-12-20(13-11-18)17-4-2-1-3-5-17/h1-9,21H,10-14H2. The fourth-order valence-electron chi connectivity index (χ4n) is 2.98. The molecule has 0 atom stereocenters. The summed E-state index contributed by atoms with van der Waals surface area (Å²) in [4.78, 5) is 2.34. The Balaban J connectivity index is 1.62. The average Bonchev–Trinajstić information content (AvgIpc) is 2.51. The first-order valence-corrected chi connectivity index (χ1v) is 7.79. The molecular weight excluding hydrogens is 282 g/mol. The van der Waals surface area contributed by atoms with Crippen molar-refractivity contribution in [3.63, 3.8) is 0 Å². The smallest absolute Gasteiger partial charge is 0.0721 e. The van der Waals surface area contributed by atoms with Crippen LogP contribution in [0.1, 0.15) is 18.4 Å². The Labute approximate surface area is 131 Å². The van der Waals surface area contributed by atoms with Crippen molar-refractivity contribution in [2.75, 3.05) is 18.0 Å². The summed E-state index contributed by atoms with van der Waals surface area (Å²) in [5, 5.41) is 11.5. The highest BCUT2D eigenvalue weighted by atomic mass is 35.5. The molecule has 0 spiro atoms. The van der Waals surface area contributed by atoms with Crippen LogP contribution in [0.25, 0.3) is 0 Å². The highest BCUT2D eigenvalue weighted by molar-refractivity contribution is 6.30. The maximum Gasteiger partial charge on any atom is 0.0721 e. The number of hydrogen-bond acceptors (Lipinski definition) is 2. The van der Waals surface area contributed by atoms with Gasteiger partial charge in [0, 0.05) is 30.2 Å². The van der Waals surface area contributed by atoms with Crippen LogP contribution in [-0.4, -0.2) is 23.8 Å². The SMILES string of the molecule is OC1(Cc2ccc(Cl)cc2)CCN(c2ccccc2)CC1. The van der Waals surface area contributed by atoms with Gasteiger partial charge in [-0.25, -0.2) is 0 Å². The van der Waals surface area contributed by atoms with Gasteiger partial charge in [-0.1, -0.05) is 41.9 Å². The van der Waals surface area contributed by atoms with Gasteiger partial charge in [-0.15, -0.1) is 0 Å². The number of anilines is 1. The van der Waals surface area contributed by atoms with Crippen LogP contribution in [-0.2, 0) is 6.42 Å². The Bertz CT molecular complexity index is 574. The van der Waals surface area contributed by atoms with E-state index < -0.39 is 5.60 Å². The van der Waals surface area contributed by atoms with Gasteiger partial charge in [0.25, 0.3) is 0 Å². The molecule has 1 aliphatic rings. The van der Waals surface area contributed by atoms with Crippen molar-refractivity contribution < 1.29 is 5.11 Å². The second-order valence-corrected chi connectivity index (χ2v) is 6.29. The van der Waals surface area contributed by atoms with Crippen molar-refractivity contribution in [1.29, 1.82) is 0 Å². The van der Waals surface area contributed by atoms with Crippen LogP contribution in [0.15, 0.2) is 54.6 Å². The third kappa shape index (κ3) is 3.58. The van der Waals surface area contributed by atoms with Crippen molar-refractivity contribution in [3.8, 4) is 0 Å². The fourth-order valence-corrected chi connectivity index (χ4v) is 3.10. The van der Waals surface area contributed by atoms with E-state index in [9.17, 15) is 5.11 Å². The average molecular weight is 302 g/mol. The molecule has 1 N–H and O–H groups in total. The van der Waals surface area contributed by atoms with Gasteiger partial charge < -0.3 is 10.0 Å². The lowest BCUT2D eigenvalue weighted by atomic mass is 9.85. The Morgan fingerprint density at radius 2 is 1.57 bits per heavy atom. The van der Waals surface area contributed by atoms with E-state index in [0.717, 1.165) is 36.5 Å². The third-order valence-electron chi connectivity index (χ3n) is 4.26. The normalized spacial score (nSPS) is 17.7. The van der Waals surface area contributed by atoms with E-state index in [2.05, 4.69) is 29.2 Å². The summed E-state index contributed by atoms with van der Waals surface area (Å²) in [7, 11) is 0. The van der Waals surface area contributed by atoms with Crippen molar-refractivity contribution in [2.24, 2.45) is 0 Å². The van der Waals surface area contributed by atoms with Crippen LogP contribution in [0, 0.1) is 0 Å². The maximum atomic E-state index is 10.8. The summed E-state index contributed by atoms with van der Waals surface area (Å²) in [5.41, 5.74) is 1.79. The van der Waals surface area contributed by atoms with Gasteiger partial charge in [0.15, 0.2) is 0 Å². The summed E-state index contributed by atoms with van der Waals surface area (Å²) in [5.74, 6) is 0. The molecule has 0 unspecified atom stereocenters. The zero-order valence-corrected chi connectivity index (χ0v) is 12.8. The summed E-state index contributed by atoms with van der Waals surface area (Å²) in [6, 6.07) is 18.2. The zero-order valence-electron chi connectivity index (χ0n) is 12.0. The second-order valence-electron chi connectivity index (χ2n) is 5.85. The van der Waals surface area contributed by atoms with Crippen molar-refractivity contribution in [2.45, 2.75) is 24.9 Å². The number of para-hydroxylation sites is 1. The van der Waals surface area contributed by atoms with Gasteiger partial charge in [-0.3, -0.25) is 0 Å². The highest BCUT2D eigenvalue weighted by Crippen LogP contribution is 2.29. The first-order valence-electron chi connectivity index (χ1n) is 7.41. The van der Waals surface area contributed by atoms with Gasteiger partial charge in [0.05, 0.1) is 5.60 Å². The van der Waals surface area contributed by atoms with Crippen molar-refractivity contribution in [1.82, 2.24) is 0 Å². The van der Waals surface area contributed by atoms with E-state index in [4.69, 9.17) is 11.6 Å². The largest absolute Gasteiger partial charge is 0.389 e. The van der Waals surface area contributed by atoms with Crippen molar-refractivity contribution in [3.05, 3.63) is 65.2 Å². The number of rotatable bonds is 3. The first kappa shape index (κ1) is 14.4. The molecule has 0 aliphatic carbocycles. The molecule has 2 aromatic rings. The number of nitrogens with zero attached hydrogens (tertiary/aromatic N) is 1. The van der Waals surface area contributed by atoms with Gasteiger partial charge in [-0.05, 0) is 42.7 Å². The number of hydrogen-bond donors (Lipinski definition) is 1. The van der Waals surface area contributed by atoms with Crippen LogP contribution in [0.4, 0.5) is 5.69 Å². The van der Waals surface area contributed by atoms with Gasteiger partial charge in [0.2, 0.25) is 0 Å². The number of aliphatic hydroxyl groups is 1. The quantitative estimate of drug-likeness (QED) is 0.929. The molecule has 21 heavy (non-hydrogen) atoms. The summed E-state index contributed by atoms with van der Waals surface area (Å²) >= 11 is 5.91. The molecule has 110 valence electrons. The molecule has 1 fully saturated rings. The minimum Gasteiger partial charge on any atom is -0.389 e. The molecule has 1 heterocycles. The molecule has 2 nitrogen and oxygen atoms in total. The molecule has 1 aliphatic heterocycles. The fraction of sp³-hybridized carbons (Fsp3) is 0.333. The molecule has 0 radical (unpaired) electrons. The van der Waals surface area contributed by atoms with E-state index in [1.807, 2.05) is 30.3 Å².